The number of nitrogens with zero attached hydrogens (tertiary/aromatic N) is 6. The van der Waals surface area contributed by atoms with Crippen molar-refractivity contribution in [2.24, 2.45) is 5.11 Å². The minimum Gasteiger partial charge on any atom is -0.479 e. The molecule has 3 aromatic rings. The van der Waals surface area contributed by atoms with E-state index in [-0.39, 0.29) is 42.2 Å². The van der Waals surface area contributed by atoms with E-state index in [4.69, 9.17) is 15.0 Å². The van der Waals surface area contributed by atoms with E-state index in [1.54, 1.807) is 42.4 Å². The Hall–Kier alpha value is -3.52. The summed E-state index contributed by atoms with van der Waals surface area (Å²) in [6.45, 7) is 2.46. The molecule has 2 fully saturated rings. The maximum Gasteiger partial charge on any atom is 0.280 e. The highest BCUT2D eigenvalue weighted by molar-refractivity contribution is 5.87. The van der Waals surface area contributed by atoms with Gasteiger partial charge in [0.05, 0.1) is 50.7 Å². The number of fused-ring (bicyclic) bond motifs is 1. The topological polar surface area (TPSA) is 103 Å². The smallest absolute Gasteiger partial charge is 0.280 e. The fourth-order valence-electron chi connectivity index (χ4n) is 5.05. The summed E-state index contributed by atoms with van der Waals surface area (Å²) >= 11 is 0. The third kappa shape index (κ3) is 5.10. The molecule has 5 rings (SSSR count). The van der Waals surface area contributed by atoms with Crippen LogP contribution in [0.1, 0.15) is 13.3 Å². The average Bonchev–Trinajstić information content (AvgIpc) is 3.30. The Morgan fingerprint density at radius 3 is 2.67 bits per heavy atom. The molecule has 2 N–H and O–H groups in total. The zero-order chi connectivity index (χ0) is 27.9. The van der Waals surface area contributed by atoms with Gasteiger partial charge in [0.25, 0.3) is 12.3 Å². The van der Waals surface area contributed by atoms with Crippen LogP contribution in [0.2, 0.25) is 0 Å². The number of hydrogen-bond donors (Lipinski definition) is 2. The van der Waals surface area contributed by atoms with Crippen LogP contribution in [0, 0.1) is 5.53 Å². The van der Waals surface area contributed by atoms with Crippen molar-refractivity contribution in [1.29, 1.82) is 5.53 Å². The van der Waals surface area contributed by atoms with Crippen LogP contribution in [0.5, 0.6) is 5.88 Å². The summed E-state index contributed by atoms with van der Waals surface area (Å²) in [5, 5.41) is 10.6. The van der Waals surface area contributed by atoms with E-state index in [2.05, 4.69) is 20.5 Å². The molecule has 2 aliphatic heterocycles. The van der Waals surface area contributed by atoms with Crippen molar-refractivity contribution < 1.29 is 27.0 Å². The Labute approximate surface area is 222 Å². The summed E-state index contributed by atoms with van der Waals surface area (Å²) in [6.07, 6.45) is -0.722. The molecule has 10 nitrogen and oxygen atoms in total. The van der Waals surface area contributed by atoms with Crippen molar-refractivity contribution in [3.63, 3.8) is 0 Å². The highest BCUT2D eigenvalue weighted by Crippen LogP contribution is 2.38. The van der Waals surface area contributed by atoms with Crippen LogP contribution in [0.15, 0.2) is 35.6 Å². The number of anilines is 2. The molecule has 2 saturated heterocycles. The molecule has 0 amide bonds. The molecule has 210 valence electrons. The van der Waals surface area contributed by atoms with Crippen molar-refractivity contribution >= 4 is 22.8 Å². The quantitative estimate of drug-likeness (QED) is 0.295. The van der Waals surface area contributed by atoms with Crippen LogP contribution in [-0.4, -0.2) is 90.4 Å². The highest BCUT2D eigenvalue weighted by Gasteiger charge is 2.49. The predicted octanol–water partition coefficient (Wildman–Crippen LogP) is 4.68. The number of methoxy groups -OCH3 is 1. The van der Waals surface area contributed by atoms with E-state index in [1.165, 1.54) is 23.4 Å². The van der Waals surface area contributed by atoms with E-state index in [1.807, 2.05) is 0 Å². The van der Waals surface area contributed by atoms with Crippen LogP contribution in [-0.2, 0) is 4.74 Å². The van der Waals surface area contributed by atoms with Gasteiger partial charge in [0.15, 0.2) is 0 Å². The molecule has 0 bridgehead atoms. The molecule has 4 heterocycles. The first-order valence-corrected chi connectivity index (χ1v) is 12.6. The molecule has 39 heavy (non-hydrogen) atoms. The van der Waals surface area contributed by atoms with Gasteiger partial charge >= 0.3 is 0 Å². The van der Waals surface area contributed by atoms with Gasteiger partial charge in [-0.1, -0.05) is 6.07 Å². The zero-order valence-corrected chi connectivity index (χ0v) is 21.7. The van der Waals surface area contributed by atoms with Crippen LogP contribution in [0.4, 0.5) is 34.9 Å². The molecule has 2 aromatic heterocycles. The monoisotopic (exact) mass is 550 g/mol. The van der Waals surface area contributed by atoms with E-state index in [0.717, 1.165) is 0 Å². The lowest BCUT2D eigenvalue weighted by atomic mass is 9.97. The Morgan fingerprint density at radius 2 is 2.05 bits per heavy atom. The van der Waals surface area contributed by atoms with Crippen molar-refractivity contribution in [3.8, 4) is 17.0 Å². The van der Waals surface area contributed by atoms with Gasteiger partial charge in [-0.2, -0.15) is 10.1 Å². The Morgan fingerprint density at radius 1 is 1.28 bits per heavy atom. The summed E-state index contributed by atoms with van der Waals surface area (Å²) in [5.41, 5.74) is 9.59. The SMILES string of the molecule is COc1nc(N(C)[C@@H]2CCN(C3COC3)CC2(F)F)nn2ccc(-c3ccc(N=N)c(N[C@@H](C)C(F)F)c3)c12. The molecule has 0 aliphatic carbocycles. The number of rotatable bonds is 9. The largest absolute Gasteiger partial charge is 0.479 e. The first-order chi connectivity index (χ1) is 18.6. The number of piperidine rings is 1. The van der Waals surface area contributed by atoms with Gasteiger partial charge in [-0.15, -0.1) is 5.10 Å². The van der Waals surface area contributed by atoms with Gasteiger partial charge in [-0.3, -0.25) is 4.90 Å². The first kappa shape index (κ1) is 27.1. The van der Waals surface area contributed by atoms with E-state index in [9.17, 15) is 8.78 Å². The number of benzene rings is 1. The van der Waals surface area contributed by atoms with E-state index in [0.29, 0.717) is 36.4 Å². The van der Waals surface area contributed by atoms with Gasteiger partial charge in [-0.05, 0) is 37.1 Å². The number of ether oxygens (including phenoxy) is 2. The first-order valence-electron chi connectivity index (χ1n) is 12.6. The minimum absolute atomic E-state index is 0.0336. The van der Waals surface area contributed by atoms with Crippen LogP contribution >= 0.6 is 0 Å². The second-order valence-corrected chi connectivity index (χ2v) is 9.89. The molecule has 2 atom stereocenters. The average molecular weight is 551 g/mol. The summed E-state index contributed by atoms with van der Waals surface area (Å²) in [5.74, 6) is -2.73. The maximum absolute atomic E-state index is 15.2. The number of likely N-dealkylation sites (tertiary alicyclic amines) is 1. The van der Waals surface area contributed by atoms with Crippen molar-refractivity contribution in [1.82, 2.24) is 19.5 Å². The molecule has 14 heteroatoms. The number of nitrogens with one attached hydrogen (secondary N) is 2. The maximum atomic E-state index is 15.2. The normalized spacial score (nSPS) is 20.6. The summed E-state index contributed by atoms with van der Waals surface area (Å²) in [6, 6.07) is 4.38. The minimum atomic E-state index is -2.99. The molecule has 0 radical (unpaired) electrons. The molecular weight excluding hydrogens is 520 g/mol. The Bertz CT molecular complexity index is 1350. The van der Waals surface area contributed by atoms with Gasteiger partial charge in [0.1, 0.15) is 11.2 Å². The van der Waals surface area contributed by atoms with Crippen molar-refractivity contribution in [2.75, 3.05) is 50.7 Å². The predicted molar refractivity (Wildman–Crippen MR) is 137 cm³/mol. The van der Waals surface area contributed by atoms with E-state index < -0.39 is 24.4 Å². The molecule has 1 aromatic carbocycles. The molecule has 0 spiro atoms. The second kappa shape index (κ2) is 10.6. The Balaban J connectivity index is 1.46. The fraction of sp³-hybridized carbons (Fsp3) is 0.520. The molecule has 0 unspecified atom stereocenters. The highest BCUT2D eigenvalue weighted by atomic mass is 19.3. The number of halogens is 4. The van der Waals surface area contributed by atoms with Gasteiger partial charge < -0.3 is 19.7 Å². The van der Waals surface area contributed by atoms with Gasteiger partial charge in [0.2, 0.25) is 11.8 Å². The third-order valence-electron chi connectivity index (χ3n) is 7.36. The standard InChI is InChI=1S/C25H30F4N8O2/c1-14(22(26)27)31-19-10-15(4-5-18(19)33-30)17-6-9-37-21(17)23(38-3)32-24(34-37)35(2)20-7-8-36(13-25(20,28)29)16-11-39-12-16/h4-6,9-10,14,16,20,22,30-31H,7-8,11-13H2,1-3H3/t14-,20+/m0/s1. The van der Waals surface area contributed by atoms with Gasteiger partial charge in [0, 0.05) is 25.4 Å². The van der Waals surface area contributed by atoms with Crippen molar-refractivity contribution in [2.45, 2.75) is 43.8 Å². The number of hydrogen-bond acceptors (Lipinski definition) is 9. The second-order valence-electron chi connectivity index (χ2n) is 9.89. The van der Waals surface area contributed by atoms with E-state index >= 15 is 8.78 Å². The fourth-order valence-corrected chi connectivity index (χ4v) is 5.05. The lowest BCUT2D eigenvalue weighted by Gasteiger charge is -2.46. The lowest BCUT2D eigenvalue weighted by molar-refractivity contribution is -0.134. The molecule has 0 saturated carbocycles. The van der Waals surface area contributed by atoms with Gasteiger partial charge in [-0.25, -0.2) is 27.6 Å². The van der Waals surface area contributed by atoms with Crippen LogP contribution < -0.4 is 15.0 Å². The molecular formula is C25H30F4N8O2. The Kier molecular flexibility index (Phi) is 7.33. The summed E-state index contributed by atoms with van der Waals surface area (Å²) in [7, 11) is 2.98. The summed E-state index contributed by atoms with van der Waals surface area (Å²) < 4.78 is 69.0. The number of alkyl halides is 4. The lowest BCUT2D eigenvalue weighted by Crippen LogP contribution is -2.62. The van der Waals surface area contributed by atoms with Crippen LogP contribution in [0.3, 0.4) is 0 Å². The summed E-state index contributed by atoms with van der Waals surface area (Å²) in [4.78, 5) is 7.65. The zero-order valence-electron chi connectivity index (χ0n) is 21.7. The third-order valence-corrected chi connectivity index (χ3v) is 7.36. The van der Waals surface area contributed by atoms with Crippen LogP contribution in [0.25, 0.3) is 16.6 Å². The number of aromatic nitrogens is 3. The molecule has 2 aliphatic rings. The van der Waals surface area contributed by atoms with Crippen molar-refractivity contribution in [3.05, 3.63) is 30.5 Å².